The topological polar surface area (TPSA) is 72.5 Å². The Morgan fingerprint density at radius 3 is 2.03 bits per heavy atom. The van der Waals surface area contributed by atoms with Crippen LogP contribution in [0.1, 0.15) is 57.7 Å². The largest absolute Gasteiger partial charge is 0.452 e. The van der Waals surface area contributed by atoms with Crippen molar-refractivity contribution in [2.75, 3.05) is 6.61 Å². The number of rotatable bonds is 9. The highest BCUT2D eigenvalue weighted by Gasteiger charge is 2.20. The van der Waals surface area contributed by atoms with Gasteiger partial charge in [0.25, 0.3) is 5.91 Å². The molecule has 3 aromatic rings. The van der Waals surface area contributed by atoms with E-state index in [1.165, 1.54) is 6.07 Å². The van der Waals surface area contributed by atoms with Crippen molar-refractivity contribution in [2.24, 2.45) is 0 Å². The van der Waals surface area contributed by atoms with Gasteiger partial charge < -0.3 is 10.1 Å². The van der Waals surface area contributed by atoms with Gasteiger partial charge in [-0.1, -0.05) is 92.2 Å². The zero-order valence-corrected chi connectivity index (χ0v) is 17.4. The van der Waals surface area contributed by atoms with Crippen LogP contribution in [-0.4, -0.2) is 24.3 Å². The molecule has 0 aliphatic rings. The van der Waals surface area contributed by atoms with Gasteiger partial charge in [-0.2, -0.15) is 0 Å². The maximum atomic E-state index is 12.8. The maximum absolute atomic E-state index is 12.8. The normalized spacial score (nSPS) is 11.4. The summed E-state index contributed by atoms with van der Waals surface area (Å²) in [5.41, 5.74) is 1.86. The first-order chi connectivity index (χ1) is 15.1. The summed E-state index contributed by atoms with van der Waals surface area (Å²) in [6.45, 7) is 1.63. The molecule has 1 atom stereocenters. The predicted octanol–water partition coefficient (Wildman–Crippen LogP) is 4.73. The Kier molecular flexibility index (Phi) is 7.71. The fourth-order valence-electron chi connectivity index (χ4n) is 3.35. The number of benzene rings is 3. The average Bonchev–Trinajstić information content (AvgIpc) is 2.83. The Balaban J connectivity index is 1.66. The van der Waals surface area contributed by atoms with Crippen molar-refractivity contribution in [1.82, 2.24) is 5.32 Å². The molecule has 0 unspecified atom stereocenters. The van der Waals surface area contributed by atoms with Gasteiger partial charge in [-0.3, -0.25) is 9.59 Å². The second-order valence-electron chi connectivity index (χ2n) is 7.14. The lowest BCUT2D eigenvalue weighted by Crippen LogP contribution is -2.32. The van der Waals surface area contributed by atoms with E-state index in [0.717, 1.165) is 18.4 Å². The summed E-state index contributed by atoms with van der Waals surface area (Å²) in [5.74, 6) is -1.37. The van der Waals surface area contributed by atoms with Crippen molar-refractivity contribution in [3.63, 3.8) is 0 Å². The van der Waals surface area contributed by atoms with Gasteiger partial charge in [-0.05, 0) is 18.1 Å². The summed E-state index contributed by atoms with van der Waals surface area (Å²) in [5, 5.41) is 2.92. The Morgan fingerprint density at radius 1 is 0.806 bits per heavy atom. The van der Waals surface area contributed by atoms with E-state index in [1.807, 2.05) is 43.3 Å². The Hall–Kier alpha value is -3.73. The number of hydrogen-bond donors (Lipinski definition) is 1. The minimum Gasteiger partial charge on any atom is -0.452 e. The molecule has 3 rings (SSSR count). The molecular weight excluding hydrogens is 390 g/mol. The third kappa shape index (κ3) is 5.89. The van der Waals surface area contributed by atoms with Gasteiger partial charge in [-0.15, -0.1) is 0 Å². The average molecular weight is 415 g/mol. The molecule has 0 radical (unpaired) electrons. The molecule has 5 nitrogen and oxygen atoms in total. The van der Waals surface area contributed by atoms with Crippen LogP contribution in [0.2, 0.25) is 0 Å². The zero-order valence-electron chi connectivity index (χ0n) is 17.4. The molecule has 31 heavy (non-hydrogen) atoms. The molecule has 0 fully saturated rings. The van der Waals surface area contributed by atoms with Crippen LogP contribution in [0.25, 0.3) is 0 Å². The summed E-state index contributed by atoms with van der Waals surface area (Å²) in [6, 6.07) is 24.7. The molecule has 0 aromatic heterocycles. The molecule has 158 valence electrons. The first-order valence-corrected chi connectivity index (χ1v) is 10.3. The molecule has 1 amide bonds. The molecule has 0 aliphatic heterocycles. The molecule has 0 bridgehead atoms. The number of nitrogens with one attached hydrogen (secondary N) is 1. The fourth-order valence-corrected chi connectivity index (χ4v) is 3.35. The molecule has 1 N–H and O–H groups in total. The Bertz CT molecular complexity index is 1030. The maximum Gasteiger partial charge on any atom is 0.339 e. The smallest absolute Gasteiger partial charge is 0.339 e. The first-order valence-electron chi connectivity index (χ1n) is 10.3. The van der Waals surface area contributed by atoms with Crippen molar-refractivity contribution in [1.29, 1.82) is 0 Å². The number of carbonyl (C=O) groups is 3. The van der Waals surface area contributed by atoms with Gasteiger partial charge in [-0.25, -0.2) is 4.79 Å². The van der Waals surface area contributed by atoms with Crippen LogP contribution in [0.5, 0.6) is 0 Å². The molecule has 3 aromatic carbocycles. The van der Waals surface area contributed by atoms with E-state index in [2.05, 4.69) is 5.32 Å². The van der Waals surface area contributed by atoms with Crippen LogP contribution < -0.4 is 5.32 Å². The van der Waals surface area contributed by atoms with Gasteiger partial charge in [0.2, 0.25) is 0 Å². The predicted molar refractivity (Wildman–Crippen MR) is 119 cm³/mol. The van der Waals surface area contributed by atoms with Gasteiger partial charge in [0, 0.05) is 11.1 Å². The third-order valence-electron chi connectivity index (χ3n) is 4.88. The monoisotopic (exact) mass is 415 g/mol. The molecule has 0 saturated carbocycles. The summed E-state index contributed by atoms with van der Waals surface area (Å²) in [6.07, 6.45) is 1.67. The summed E-state index contributed by atoms with van der Waals surface area (Å²) >= 11 is 0. The van der Waals surface area contributed by atoms with Crippen LogP contribution in [0.15, 0.2) is 84.9 Å². The van der Waals surface area contributed by atoms with Crippen LogP contribution in [-0.2, 0) is 9.53 Å². The molecule has 0 spiro atoms. The molecule has 0 saturated heterocycles. The lowest BCUT2D eigenvalue weighted by Gasteiger charge is -2.18. The van der Waals surface area contributed by atoms with Crippen molar-refractivity contribution in [3.05, 3.63) is 107 Å². The summed E-state index contributed by atoms with van der Waals surface area (Å²) < 4.78 is 5.23. The van der Waals surface area contributed by atoms with E-state index < -0.39 is 12.6 Å². The van der Waals surface area contributed by atoms with Gasteiger partial charge >= 0.3 is 5.97 Å². The lowest BCUT2D eigenvalue weighted by molar-refractivity contribution is -0.125. The molecule has 0 heterocycles. The molecule has 5 heteroatoms. The van der Waals surface area contributed by atoms with Crippen LogP contribution in [0, 0.1) is 0 Å². The number of esters is 1. The van der Waals surface area contributed by atoms with Crippen LogP contribution in [0.4, 0.5) is 0 Å². The first kappa shape index (κ1) is 22.0. The quantitative estimate of drug-likeness (QED) is 0.405. The third-order valence-corrected chi connectivity index (χ3v) is 4.88. The highest BCUT2D eigenvalue weighted by atomic mass is 16.5. The number of carbonyl (C=O) groups excluding carboxylic acids is 3. The van der Waals surface area contributed by atoms with Crippen molar-refractivity contribution in [3.8, 4) is 0 Å². The summed E-state index contributed by atoms with van der Waals surface area (Å²) in [4.78, 5) is 37.9. The standard InChI is InChI=1S/C26H25NO4/c1-2-11-23(19-12-5-3-6-13-19)27-24(28)18-31-26(30)22-17-10-9-16-21(22)25(29)20-14-7-4-8-15-20/h3-10,12-17,23H,2,11,18H2,1H3,(H,27,28)/t23-/m1/s1. The minimum absolute atomic E-state index is 0.136. The second-order valence-corrected chi connectivity index (χ2v) is 7.14. The minimum atomic E-state index is -0.707. The van der Waals surface area contributed by atoms with Crippen molar-refractivity contribution < 1.29 is 19.1 Å². The second kappa shape index (κ2) is 10.9. The molecule has 0 aliphatic carbocycles. The van der Waals surface area contributed by atoms with E-state index in [9.17, 15) is 14.4 Å². The number of hydrogen-bond acceptors (Lipinski definition) is 4. The van der Waals surface area contributed by atoms with Crippen molar-refractivity contribution in [2.45, 2.75) is 25.8 Å². The van der Waals surface area contributed by atoms with Gasteiger partial charge in [0.05, 0.1) is 11.6 Å². The van der Waals surface area contributed by atoms with E-state index in [-0.39, 0.29) is 28.9 Å². The van der Waals surface area contributed by atoms with E-state index >= 15 is 0 Å². The van der Waals surface area contributed by atoms with Crippen LogP contribution in [0.3, 0.4) is 0 Å². The van der Waals surface area contributed by atoms with E-state index in [0.29, 0.717) is 5.56 Å². The van der Waals surface area contributed by atoms with Crippen molar-refractivity contribution >= 4 is 17.7 Å². The zero-order chi connectivity index (χ0) is 22.1. The van der Waals surface area contributed by atoms with Crippen LogP contribution >= 0.6 is 0 Å². The Morgan fingerprint density at radius 2 is 1.39 bits per heavy atom. The number of ketones is 1. The SMILES string of the molecule is CCC[C@@H](NC(=O)COC(=O)c1ccccc1C(=O)c1ccccc1)c1ccccc1. The highest BCUT2D eigenvalue weighted by molar-refractivity contribution is 6.14. The van der Waals surface area contributed by atoms with E-state index in [1.54, 1.807) is 42.5 Å². The highest BCUT2D eigenvalue weighted by Crippen LogP contribution is 2.18. The number of amides is 1. The van der Waals surface area contributed by atoms with E-state index in [4.69, 9.17) is 4.74 Å². The fraction of sp³-hybridized carbons (Fsp3) is 0.192. The van der Waals surface area contributed by atoms with Gasteiger partial charge in [0.1, 0.15) is 0 Å². The Labute approximate surface area is 182 Å². The lowest BCUT2D eigenvalue weighted by atomic mass is 9.98. The number of ether oxygens (including phenoxy) is 1. The van der Waals surface area contributed by atoms with Gasteiger partial charge in [0.15, 0.2) is 12.4 Å². The molecular formula is C26H25NO4. The summed E-state index contributed by atoms with van der Waals surface area (Å²) in [7, 11) is 0.